The molecular weight excluding hydrogens is 350 g/mol. The summed E-state index contributed by atoms with van der Waals surface area (Å²) in [5.41, 5.74) is 6.66. The van der Waals surface area contributed by atoms with Crippen molar-refractivity contribution in [2.24, 2.45) is 10.7 Å². The number of rotatable bonds is 5. The van der Waals surface area contributed by atoms with Crippen LogP contribution in [0.1, 0.15) is 18.4 Å². The summed E-state index contributed by atoms with van der Waals surface area (Å²) in [7, 11) is 0. The molecule has 0 amide bonds. The van der Waals surface area contributed by atoms with Crippen molar-refractivity contribution >= 4 is 11.6 Å². The number of ether oxygens (including phenoxy) is 1. The Hall–Kier alpha value is -2.77. The lowest BCUT2D eigenvalue weighted by molar-refractivity contribution is -0.274. The molecule has 0 radical (unpaired) electrons. The number of nitrogens with one attached hydrogen (secondary N) is 1. The Bertz CT molecular complexity index is 799. The van der Waals surface area contributed by atoms with Crippen molar-refractivity contribution in [1.29, 1.82) is 0 Å². The second kappa shape index (κ2) is 6.86. The minimum atomic E-state index is -4.80. The molecule has 0 aliphatic heterocycles. The highest BCUT2D eigenvalue weighted by Gasteiger charge is 2.44. The van der Waals surface area contributed by atoms with Gasteiger partial charge < -0.3 is 15.8 Å². The van der Waals surface area contributed by atoms with Gasteiger partial charge in [-0.15, -0.1) is 13.2 Å². The third kappa shape index (κ3) is 4.44. The summed E-state index contributed by atoms with van der Waals surface area (Å²) in [6.45, 7) is 0.361. The molecule has 3 rings (SSSR count). The zero-order valence-corrected chi connectivity index (χ0v) is 13.7. The zero-order chi connectivity index (χ0) is 18.8. The van der Waals surface area contributed by atoms with Crippen molar-refractivity contribution in [3.8, 4) is 5.75 Å². The number of benzene rings is 2. The van der Waals surface area contributed by atoms with E-state index >= 15 is 0 Å². The van der Waals surface area contributed by atoms with Crippen LogP contribution in [-0.2, 0) is 5.41 Å². The standard InChI is InChI=1S/C18H17F4N3O/c19-13-7-5-12(6-8-13)17(9-10-17)11-24-16(23)25-14-3-1-2-4-15(14)26-18(20,21)22/h1-8H,9-11H2,(H3,23,24,25). The predicted octanol–water partition coefficient (Wildman–Crippen LogP) is 4.18. The number of guanidine groups is 1. The first-order valence-corrected chi connectivity index (χ1v) is 7.95. The summed E-state index contributed by atoms with van der Waals surface area (Å²) in [4.78, 5) is 4.24. The van der Waals surface area contributed by atoms with Gasteiger partial charge in [0.15, 0.2) is 11.7 Å². The van der Waals surface area contributed by atoms with Crippen molar-refractivity contribution in [1.82, 2.24) is 0 Å². The SMILES string of the molecule is NC(=NCC1(c2ccc(F)cc2)CC1)Nc1ccccc1OC(F)(F)F. The Kier molecular flexibility index (Phi) is 4.76. The summed E-state index contributed by atoms with van der Waals surface area (Å²) in [6.07, 6.45) is -3.02. The van der Waals surface area contributed by atoms with Gasteiger partial charge >= 0.3 is 6.36 Å². The van der Waals surface area contributed by atoms with E-state index in [-0.39, 0.29) is 22.9 Å². The van der Waals surface area contributed by atoms with Crippen LogP contribution in [0.3, 0.4) is 0 Å². The summed E-state index contributed by atoms with van der Waals surface area (Å²) < 4.78 is 54.4. The van der Waals surface area contributed by atoms with Gasteiger partial charge in [-0.2, -0.15) is 0 Å². The smallest absolute Gasteiger partial charge is 0.404 e. The van der Waals surface area contributed by atoms with Crippen molar-refractivity contribution in [2.45, 2.75) is 24.6 Å². The molecule has 1 saturated carbocycles. The monoisotopic (exact) mass is 367 g/mol. The van der Waals surface area contributed by atoms with E-state index in [2.05, 4.69) is 15.0 Å². The first-order valence-electron chi connectivity index (χ1n) is 7.95. The van der Waals surface area contributed by atoms with Crippen LogP contribution in [0.4, 0.5) is 23.2 Å². The molecule has 0 atom stereocenters. The minimum absolute atomic E-state index is 0.0170. The Balaban J connectivity index is 1.69. The summed E-state index contributed by atoms with van der Waals surface area (Å²) in [5, 5.41) is 2.64. The number of nitrogens with zero attached hydrogens (tertiary/aromatic N) is 1. The van der Waals surface area contributed by atoms with E-state index in [0.717, 1.165) is 18.4 Å². The number of anilines is 1. The molecule has 0 saturated heterocycles. The molecule has 1 fully saturated rings. The Morgan fingerprint density at radius 3 is 2.38 bits per heavy atom. The third-order valence-corrected chi connectivity index (χ3v) is 4.24. The van der Waals surface area contributed by atoms with Crippen LogP contribution in [-0.4, -0.2) is 18.9 Å². The average Bonchev–Trinajstić information content (AvgIpc) is 3.35. The maximum Gasteiger partial charge on any atom is 0.573 e. The van der Waals surface area contributed by atoms with Crippen LogP contribution in [0.2, 0.25) is 0 Å². The lowest BCUT2D eigenvalue weighted by Crippen LogP contribution is -2.26. The van der Waals surface area contributed by atoms with Crippen molar-refractivity contribution < 1.29 is 22.3 Å². The molecule has 138 valence electrons. The molecule has 3 N–H and O–H groups in total. The molecule has 0 aromatic heterocycles. The predicted molar refractivity (Wildman–Crippen MR) is 90.5 cm³/mol. The van der Waals surface area contributed by atoms with Crippen LogP contribution in [0.15, 0.2) is 53.5 Å². The number of hydrogen-bond acceptors (Lipinski definition) is 2. The molecule has 2 aromatic carbocycles. The molecule has 26 heavy (non-hydrogen) atoms. The second-order valence-electron chi connectivity index (χ2n) is 6.16. The second-order valence-corrected chi connectivity index (χ2v) is 6.16. The van der Waals surface area contributed by atoms with Crippen LogP contribution in [0.25, 0.3) is 0 Å². The number of hydrogen-bond donors (Lipinski definition) is 2. The maximum atomic E-state index is 13.1. The van der Waals surface area contributed by atoms with E-state index in [9.17, 15) is 17.6 Å². The fraction of sp³-hybridized carbons (Fsp3) is 0.278. The van der Waals surface area contributed by atoms with Gasteiger partial charge in [0.1, 0.15) is 5.82 Å². The van der Waals surface area contributed by atoms with E-state index in [1.807, 2.05) is 0 Å². The first kappa shape index (κ1) is 18.0. The van der Waals surface area contributed by atoms with Gasteiger partial charge in [-0.25, -0.2) is 4.39 Å². The molecule has 2 aromatic rings. The quantitative estimate of drug-likeness (QED) is 0.473. The van der Waals surface area contributed by atoms with Gasteiger partial charge in [-0.1, -0.05) is 24.3 Å². The third-order valence-electron chi connectivity index (χ3n) is 4.24. The number of halogens is 4. The molecular formula is C18H17F4N3O. The molecule has 1 aliphatic rings. The molecule has 1 aliphatic carbocycles. The molecule has 0 spiro atoms. The van der Waals surface area contributed by atoms with E-state index < -0.39 is 12.1 Å². The summed E-state index contributed by atoms with van der Waals surface area (Å²) in [5.74, 6) is -0.718. The van der Waals surface area contributed by atoms with Crippen molar-refractivity contribution in [2.75, 3.05) is 11.9 Å². The van der Waals surface area contributed by atoms with Gasteiger partial charge in [0, 0.05) is 5.41 Å². The normalized spacial score (nSPS) is 16.2. The fourth-order valence-electron chi connectivity index (χ4n) is 2.69. The number of alkyl halides is 3. The fourth-order valence-corrected chi connectivity index (χ4v) is 2.69. The van der Waals surface area contributed by atoms with E-state index in [4.69, 9.17) is 5.73 Å². The number of aliphatic imine (C=N–C) groups is 1. The Labute approximate surface area is 147 Å². The van der Waals surface area contributed by atoms with Gasteiger partial charge in [-0.05, 0) is 42.7 Å². The van der Waals surface area contributed by atoms with Gasteiger partial charge in [-0.3, -0.25) is 4.99 Å². The largest absolute Gasteiger partial charge is 0.573 e. The van der Waals surface area contributed by atoms with Gasteiger partial charge in [0.25, 0.3) is 0 Å². The van der Waals surface area contributed by atoms with Crippen LogP contribution in [0, 0.1) is 5.82 Å². The Morgan fingerprint density at radius 2 is 1.77 bits per heavy atom. The number of nitrogens with two attached hydrogens (primary N) is 1. The van der Waals surface area contributed by atoms with Crippen molar-refractivity contribution in [3.05, 3.63) is 59.9 Å². The van der Waals surface area contributed by atoms with Crippen LogP contribution in [0.5, 0.6) is 5.75 Å². The van der Waals surface area contributed by atoms with E-state index in [1.165, 1.54) is 30.3 Å². The van der Waals surface area contributed by atoms with Crippen molar-refractivity contribution in [3.63, 3.8) is 0 Å². The highest BCUT2D eigenvalue weighted by molar-refractivity contribution is 5.93. The topological polar surface area (TPSA) is 59.6 Å². The van der Waals surface area contributed by atoms with Crippen LogP contribution >= 0.6 is 0 Å². The van der Waals surface area contributed by atoms with E-state index in [0.29, 0.717) is 6.54 Å². The first-order chi connectivity index (χ1) is 12.3. The highest BCUT2D eigenvalue weighted by atomic mass is 19.4. The van der Waals surface area contributed by atoms with E-state index in [1.54, 1.807) is 18.2 Å². The highest BCUT2D eigenvalue weighted by Crippen LogP contribution is 2.48. The Morgan fingerprint density at radius 1 is 1.12 bits per heavy atom. The lowest BCUT2D eigenvalue weighted by atomic mass is 9.96. The summed E-state index contributed by atoms with van der Waals surface area (Å²) >= 11 is 0. The molecule has 8 heteroatoms. The minimum Gasteiger partial charge on any atom is -0.404 e. The molecule has 0 bridgehead atoms. The van der Waals surface area contributed by atoms with Gasteiger partial charge in [0.05, 0.1) is 12.2 Å². The molecule has 0 unspecified atom stereocenters. The average molecular weight is 367 g/mol. The molecule has 0 heterocycles. The van der Waals surface area contributed by atoms with Crippen LogP contribution < -0.4 is 15.8 Å². The summed E-state index contributed by atoms with van der Waals surface area (Å²) in [6, 6.07) is 11.8. The van der Waals surface area contributed by atoms with Gasteiger partial charge in [0.2, 0.25) is 0 Å². The zero-order valence-electron chi connectivity index (χ0n) is 13.7. The molecule has 4 nitrogen and oxygen atoms in total. The lowest BCUT2D eigenvalue weighted by Gasteiger charge is -2.16. The number of para-hydroxylation sites is 2. The maximum absolute atomic E-state index is 13.1.